The quantitative estimate of drug-likeness (QED) is 0.483. The van der Waals surface area contributed by atoms with Gasteiger partial charge in [0.2, 0.25) is 22.9 Å². The first kappa shape index (κ1) is 22.0. The summed E-state index contributed by atoms with van der Waals surface area (Å²) in [6.45, 7) is 0.729. The van der Waals surface area contributed by atoms with Crippen molar-refractivity contribution in [3.63, 3.8) is 0 Å². The first-order chi connectivity index (χ1) is 14.4. The molecule has 1 fully saturated rings. The monoisotopic (exact) mass is 449 g/mol. The highest BCUT2D eigenvalue weighted by atomic mass is 32.2. The lowest BCUT2D eigenvalue weighted by Crippen LogP contribution is -2.28. The third kappa shape index (κ3) is 5.48. The number of hydrogen-bond acceptors (Lipinski definition) is 8. The fourth-order valence-electron chi connectivity index (χ4n) is 2.92. The predicted octanol–water partition coefficient (Wildman–Crippen LogP) is 1.71. The normalized spacial score (nSPS) is 15.9. The number of carbonyl (C=O) groups is 3. The smallest absolute Gasteiger partial charge is 0.232 e. The number of likely N-dealkylation sites (tertiary alicyclic amines) is 1. The third-order valence-corrected chi connectivity index (χ3v) is 6.55. The Labute approximate surface area is 182 Å². The van der Waals surface area contributed by atoms with Crippen LogP contribution < -0.4 is 10.1 Å². The Morgan fingerprint density at radius 1 is 1.33 bits per heavy atom. The second-order valence-corrected chi connectivity index (χ2v) is 9.13. The van der Waals surface area contributed by atoms with Gasteiger partial charge < -0.3 is 19.9 Å². The molecule has 9 nitrogen and oxygen atoms in total. The number of rotatable bonds is 8. The molecule has 1 atom stereocenters. The van der Waals surface area contributed by atoms with Crippen LogP contribution in [0, 0.1) is 5.92 Å². The summed E-state index contributed by atoms with van der Waals surface area (Å²) in [6.07, 6.45) is 0.152. The zero-order valence-corrected chi connectivity index (χ0v) is 18.6. The maximum atomic E-state index is 12.6. The molecule has 1 unspecified atom stereocenters. The van der Waals surface area contributed by atoms with E-state index < -0.39 is 5.92 Å². The highest BCUT2D eigenvalue weighted by Crippen LogP contribution is 2.28. The molecular formula is C19H23N5O4S2. The van der Waals surface area contributed by atoms with Crippen molar-refractivity contribution in [2.24, 2.45) is 5.92 Å². The lowest BCUT2D eigenvalue weighted by Gasteiger charge is -2.18. The van der Waals surface area contributed by atoms with Gasteiger partial charge in [-0.25, -0.2) is 0 Å². The predicted molar refractivity (Wildman–Crippen MR) is 114 cm³/mol. The van der Waals surface area contributed by atoms with Crippen molar-refractivity contribution < 1.29 is 19.1 Å². The Balaban J connectivity index is 1.54. The number of amides is 3. The van der Waals surface area contributed by atoms with Crippen LogP contribution in [0.4, 0.5) is 5.13 Å². The summed E-state index contributed by atoms with van der Waals surface area (Å²) in [4.78, 5) is 39.8. The SMILES string of the molecule is COc1ccccc1CN1CC(C(=O)Nc2nnc(SCC(=O)N(C)C)s2)CC1=O. The van der Waals surface area contributed by atoms with Crippen LogP contribution >= 0.6 is 23.1 Å². The molecule has 2 heterocycles. The van der Waals surface area contributed by atoms with Crippen LogP contribution in [0.5, 0.6) is 5.75 Å². The van der Waals surface area contributed by atoms with Gasteiger partial charge in [0.25, 0.3) is 0 Å². The summed E-state index contributed by atoms with van der Waals surface area (Å²) in [5.74, 6) is 0.150. The van der Waals surface area contributed by atoms with Crippen molar-refractivity contribution >= 4 is 46.0 Å². The van der Waals surface area contributed by atoms with Crippen LogP contribution in [0.3, 0.4) is 0 Å². The number of carbonyl (C=O) groups excluding carboxylic acids is 3. The molecule has 1 aromatic heterocycles. The minimum absolute atomic E-state index is 0.0274. The van der Waals surface area contributed by atoms with Crippen molar-refractivity contribution in [3.8, 4) is 5.75 Å². The molecule has 0 spiro atoms. The molecule has 3 amide bonds. The maximum absolute atomic E-state index is 12.6. The summed E-state index contributed by atoms with van der Waals surface area (Å²) in [6, 6.07) is 7.51. The van der Waals surface area contributed by atoms with E-state index in [2.05, 4.69) is 15.5 Å². The number of nitrogens with one attached hydrogen (secondary N) is 1. The highest BCUT2D eigenvalue weighted by Gasteiger charge is 2.35. The van der Waals surface area contributed by atoms with Gasteiger partial charge in [-0.1, -0.05) is 41.3 Å². The molecule has 1 aliphatic heterocycles. The Morgan fingerprint density at radius 2 is 2.10 bits per heavy atom. The topological polar surface area (TPSA) is 105 Å². The number of nitrogens with zero attached hydrogens (tertiary/aromatic N) is 4. The molecule has 0 aliphatic carbocycles. The van der Waals surface area contributed by atoms with Gasteiger partial charge in [-0.15, -0.1) is 10.2 Å². The number of thioether (sulfide) groups is 1. The molecule has 0 saturated carbocycles. The number of para-hydroxylation sites is 1. The van der Waals surface area contributed by atoms with Crippen molar-refractivity contribution in [3.05, 3.63) is 29.8 Å². The lowest BCUT2D eigenvalue weighted by atomic mass is 10.1. The van der Waals surface area contributed by atoms with E-state index >= 15 is 0 Å². The van der Waals surface area contributed by atoms with E-state index in [9.17, 15) is 14.4 Å². The van der Waals surface area contributed by atoms with Crippen molar-refractivity contribution in [2.45, 2.75) is 17.3 Å². The number of ether oxygens (including phenoxy) is 1. The molecular weight excluding hydrogens is 426 g/mol. The van der Waals surface area contributed by atoms with Crippen molar-refractivity contribution in [1.29, 1.82) is 0 Å². The second kappa shape index (κ2) is 9.90. The zero-order valence-electron chi connectivity index (χ0n) is 17.0. The minimum atomic E-state index is -0.456. The van der Waals surface area contributed by atoms with Gasteiger partial charge in [-0.2, -0.15) is 0 Å². The number of benzene rings is 1. The van der Waals surface area contributed by atoms with Gasteiger partial charge in [-0.05, 0) is 6.07 Å². The minimum Gasteiger partial charge on any atom is -0.496 e. The summed E-state index contributed by atoms with van der Waals surface area (Å²) in [5, 5.41) is 11.0. The van der Waals surface area contributed by atoms with Crippen molar-refractivity contribution in [1.82, 2.24) is 20.0 Å². The van der Waals surface area contributed by atoms with Crippen LogP contribution in [0.2, 0.25) is 0 Å². The van der Waals surface area contributed by atoms with Gasteiger partial charge in [-0.3, -0.25) is 14.4 Å². The van der Waals surface area contributed by atoms with Crippen LogP contribution in [-0.2, 0) is 20.9 Å². The first-order valence-corrected chi connectivity index (χ1v) is 11.0. The van der Waals surface area contributed by atoms with E-state index in [4.69, 9.17) is 4.74 Å². The Morgan fingerprint density at radius 3 is 2.83 bits per heavy atom. The molecule has 160 valence electrons. The number of anilines is 1. The van der Waals surface area contributed by atoms with Crippen molar-refractivity contribution in [2.75, 3.05) is 38.8 Å². The Kier molecular flexibility index (Phi) is 7.27. The summed E-state index contributed by atoms with van der Waals surface area (Å²) < 4.78 is 5.94. The third-order valence-electron chi connectivity index (χ3n) is 4.59. The van der Waals surface area contributed by atoms with E-state index in [-0.39, 0.29) is 29.9 Å². The standard InChI is InChI=1S/C19H23N5O4S2/c1-23(2)16(26)11-29-19-22-21-18(30-19)20-17(27)13-8-15(25)24(10-13)9-12-6-4-5-7-14(12)28-3/h4-7,13H,8-11H2,1-3H3,(H,20,21,27). The lowest BCUT2D eigenvalue weighted by molar-refractivity contribution is -0.128. The molecule has 30 heavy (non-hydrogen) atoms. The van der Waals surface area contributed by atoms with Crippen LogP contribution in [0.15, 0.2) is 28.6 Å². The van der Waals surface area contributed by atoms with Gasteiger partial charge in [0.15, 0.2) is 4.34 Å². The van der Waals surface area contributed by atoms with Crippen LogP contribution in [0.1, 0.15) is 12.0 Å². The van der Waals surface area contributed by atoms with Gasteiger partial charge >= 0.3 is 0 Å². The van der Waals surface area contributed by atoms with Gasteiger partial charge in [0.1, 0.15) is 5.75 Å². The van der Waals surface area contributed by atoms with Gasteiger partial charge in [0, 0.05) is 39.2 Å². The number of aromatic nitrogens is 2. The van der Waals surface area contributed by atoms with E-state index in [1.807, 2.05) is 24.3 Å². The van der Waals surface area contributed by atoms with E-state index in [0.29, 0.717) is 28.3 Å². The number of hydrogen-bond donors (Lipinski definition) is 1. The molecule has 1 aliphatic rings. The van der Waals surface area contributed by atoms with Crippen LogP contribution in [0.25, 0.3) is 0 Å². The highest BCUT2D eigenvalue weighted by molar-refractivity contribution is 8.01. The molecule has 3 rings (SSSR count). The van der Waals surface area contributed by atoms with E-state index in [1.165, 1.54) is 28.0 Å². The summed E-state index contributed by atoms with van der Waals surface area (Å²) in [7, 11) is 4.97. The maximum Gasteiger partial charge on any atom is 0.232 e. The molecule has 2 aromatic rings. The average Bonchev–Trinajstić information content (AvgIpc) is 3.33. The Hall–Kier alpha value is -2.66. The molecule has 1 aromatic carbocycles. The number of methoxy groups -OCH3 is 1. The van der Waals surface area contributed by atoms with E-state index in [1.54, 1.807) is 26.1 Å². The fourth-order valence-corrected chi connectivity index (χ4v) is 4.65. The molecule has 0 radical (unpaired) electrons. The van der Waals surface area contributed by atoms with Gasteiger partial charge in [0.05, 0.1) is 18.8 Å². The Bertz CT molecular complexity index is 933. The zero-order chi connectivity index (χ0) is 21.7. The molecule has 1 saturated heterocycles. The fraction of sp³-hybridized carbons (Fsp3) is 0.421. The summed E-state index contributed by atoms with van der Waals surface area (Å²) >= 11 is 2.48. The first-order valence-electron chi connectivity index (χ1n) is 9.24. The molecule has 11 heteroatoms. The molecule has 1 N–H and O–H groups in total. The summed E-state index contributed by atoms with van der Waals surface area (Å²) in [5.41, 5.74) is 0.896. The van der Waals surface area contributed by atoms with E-state index in [0.717, 1.165) is 5.56 Å². The largest absolute Gasteiger partial charge is 0.496 e. The van der Waals surface area contributed by atoms with Crippen LogP contribution in [-0.4, -0.2) is 71.2 Å². The molecule has 0 bridgehead atoms. The average molecular weight is 450 g/mol. The second-order valence-electron chi connectivity index (χ2n) is 6.93.